The largest absolute Gasteiger partial charge is 0.343 e. The summed E-state index contributed by atoms with van der Waals surface area (Å²) in [5.41, 5.74) is 1.34. The Balaban J connectivity index is 1.90. The highest BCUT2D eigenvalue weighted by Gasteiger charge is 2.32. The first-order chi connectivity index (χ1) is 7.95. The minimum Gasteiger partial charge on any atom is -0.343 e. The highest BCUT2D eigenvalue weighted by Crippen LogP contribution is 2.33. The van der Waals surface area contributed by atoms with Gasteiger partial charge in [0.05, 0.1) is 0 Å². The average Bonchev–Trinajstić information content (AvgIpc) is 3.01. The van der Waals surface area contributed by atoms with Gasteiger partial charge in [-0.25, -0.2) is 0 Å². The van der Waals surface area contributed by atoms with Crippen LogP contribution in [0.2, 0.25) is 0 Å². The summed E-state index contributed by atoms with van der Waals surface area (Å²) in [5, 5.41) is 7.34. The van der Waals surface area contributed by atoms with Crippen molar-refractivity contribution in [3.63, 3.8) is 0 Å². The molecule has 4 heteroatoms. The van der Waals surface area contributed by atoms with Gasteiger partial charge in [-0.1, -0.05) is 35.5 Å². The third-order valence-corrected chi connectivity index (χ3v) is 3.15. The van der Waals surface area contributed by atoms with Crippen LogP contribution < -0.4 is 5.32 Å². The molecular formula is C12H13N3O. The molecule has 1 N–H and O–H groups in total. The number of hydrogen-bond acceptors (Lipinski definition) is 4. The Labute approximate surface area is 93.7 Å². The van der Waals surface area contributed by atoms with Gasteiger partial charge in [-0.05, 0) is 5.56 Å². The second kappa shape index (κ2) is 4.06. The molecule has 2 atom stereocenters. The van der Waals surface area contributed by atoms with E-state index < -0.39 is 0 Å². The molecule has 1 saturated heterocycles. The zero-order valence-electron chi connectivity index (χ0n) is 8.84. The van der Waals surface area contributed by atoms with Gasteiger partial charge in [0.25, 0.3) is 0 Å². The van der Waals surface area contributed by atoms with Crippen LogP contribution in [0.25, 0.3) is 0 Å². The fourth-order valence-corrected chi connectivity index (χ4v) is 2.34. The molecule has 82 valence electrons. The van der Waals surface area contributed by atoms with Crippen molar-refractivity contribution in [3.8, 4) is 0 Å². The maximum atomic E-state index is 4.82. The van der Waals surface area contributed by atoms with Crippen LogP contribution in [0.1, 0.15) is 23.2 Å². The Bertz CT molecular complexity index is 441. The fourth-order valence-electron chi connectivity index (χ4n) is 2.34. The van der Waals surface area contributed by atoms with E-state index in [2.05, 4.69) is 39.7 Å². The molecule has 1 aromatic heterocycles. The van der Waals surface area contributed by atoms with Gasteiger partial charge < -0.3 is 9.84 Å². The van der Waals surface area contributed by atoms with Crippen LogP contribution in [0, 0.1) is 0 Å². The predicted octanol–water partition coefficient (Wildman–Crippen LogP) is 1.54. The summed E-state index contributed by atoms with van der Waals surface area (Å²) >= 11 is 0. The lowest BCUT2D eigenvalue weighted by Crippen LogP contribution is -2.10. The van der Waals surface area contributed by atoms with Gasteiger partial charge >= 0.3 is 0 Å². The molecule has 0 bridgehead atoms. The molecule has 1 aromatic carbocycles. The Hall–Kier alpha value is -1.68. The summed E-state index contributed by atoms with van der Waals surface area (Å²) in [4.78, 5) is 4.16. The molecular weight excluding hydrogens is 202 g/mol. The minimum atomic E-state index is 0.321. The summed E-state index contributed by atoms with van der Waals surface area (Å²) in [6.07, 6.45) is 1.40. The molecule has 2 aromatic rings. The van der Waals surface area contributed by atoms with E-state index in [1.165, 1.54) is 12.0 Å². The average molecular weight is 215 g/mol. The maximum Gasteiger partial charge on any atom is 0.213 e. The van der Waals surface area contributed by atoms with Crippen molar-refractivity contribution < 1.29 is 4.52 Å². The van der Waals surface area contributed by atoms with E-state index in [0.717, 1.165) is 18.9 Å². The van der Waals surface area contributed by atoms with Crippen LogP contribution in [-0.4, -0.2) is 23.2 Å². The van der Waals surface area contributed by atoms with Crippen LogP contribution in [-0.2, 0) is 0 Å². The molecule has 3 rings (SSSR count). The van der Waals surface area contributed by atoms with E-state index in [-0.39, 0.29) is 0 Å². The standard InChI is InChI=1S/C12H13N3O/c1-2-4-9(5-3-1)10-6-13-7-11(10)12-14-8-16-15-12/h1-5,8,10-11,13H,6-7H2. The van der Waals surface area contributed by atoms with E-state index in [1.54, 1.807) is 0 Å². The summed E-state index contributed by atoms with van der Waals surface area (Å²) in [6.45, 7) is 1.89. The van der Waals surface area contributed by atoms with E-state index in [0.29, 0.717) is 11.8 Å². The van der Waals surface area contributed by atoms with Crippen molar-refractivity contribution in [1.29, 1.82) is 0 Å². The van der Waals surface area contributed by atoms with Crippen LogP contribution in [0.4, 0.5) is 0 Å². The maximum absolute atomic E-state index is 4.82. The first-order valence-corrected chi connectivity index (χ1v) is 5.47. The lowest BCUT2D eigenvalue weighted by atomic mass is 9.88. The number of nitrogens with one attached hydrogen (secondary N) is 1. The zero-order chi connectivity index (χ0) is 10.8. The monoisotopic (exact) mass is 215 g/mol. The molecule has 1 aliphatic heterocycles. The van der Waals surface area contributed by atoms with Crippen LogP contribution >= 0.6 is 0 Å². The normalized spacial score (nSPS) is 24.8. The first-order valence-electron chi connectivity index (χ1n) is 5.47. The smallest absolute Gasteiger partial charge is 0.213 e. The number of rotatable bonds is 2. The lowest BCUT2D eigenvalue weighted by Gasteiger charge is -2.15. The number of hydrogen-bond donors (Lipinski definition) is 1. The molecule has 1 fully saturated rings. The Kier molecular flexibility index (Phi) is 2.42. The van der Waals surface area contributed by atoms with Gasteiger partial charge in [0.1, 0.15) is 0 Å². The molecule has 0 saturated carbocycles. The molecule has 2 unspecified atom stereocenters. The summed E-state index contributed by atoms with van der Waals surface area (Å²) in [7, 11) is 0. The summed E-state index contributed by atoms with van der Waals surface area (Å²) in [6, 6.07) is 10.5. The van der Waals surface area contributed by atoms with Crippen LogP contribution in [0.15, 0.2) is 41.2 Å². The summed E-state index contributed by atoms with van der Waals surface area (Å²) in [5.74, 6) is 1.57. The number of nitrogens with zero attached hydrogens (tertiary/aromatic N) is 2. The molecule has 0 radical (unpaired) electrons. The van der Waals surface area contributed by atoms with Gasteiger partial charge in [-0.15, -0.1) is 0 Å². The Morgan fingerprint density at radius 2 is 1.94 bits per heavy atom. The molecule has 0 aliphatic carbocycles. The van der Waals surface area contributed by atoms with Crippen molar-refractivity contribution >= 4 is 0 Å². The van der Waals surface area contributed by atoms with E-state index in [9.17, 15) is 0 Å². The molecule has 16 heavy (non-hydrogen) atoms. The van der Waals surface area contributed by atoms with Crippen molar-refractivity contribution in [2.24, 2.45) is 0 Å². The lowest BCUT2D eigenvalue weighted by molar-refractivity contribution is 0.403. The second-order valence-corrected chi connectivity index (χ2v) is 4.07. The van der Waals surface area contributed by atoms with Gasteiger partial charge in [-0.2, -0.15) is 4.98 Å². The Morgan fingerprint density at radius 3 is 2.69 bits per heavy atom. The highest BCUT2D eigenvalue weighted by molar-refractivity contribution is 5.25. The van der Waals surface area contributed by atoms with Crippen molar-refractivity contribution in [3.05, 3.63) is 48.1 Å². The van der Waals surface area contributed by atoms with Gasteiger partial charge in [-0.3, -0.25) is 0 Å². The van der Waals surface area contributed by atoms with E-state index >= 15 is 0 Å². The van der Waals surface area contributed by atoms with Crippen LogP contribution in [0.5, 0.6) is 0 Å². The SMILES string of the molecule is c1ccc(C2CNCC2c2ncon2)cc1. The molecule has 1 aliphatic rings. The quantitative estimate of drug-likeness (QED) is 0.825. The molecule has 4 nitrogen and oxygen atoms in total. The number of aromatic nitrogens is 2. The van der Waals surface area contributed by atoms with Crippen molar-refractivity contribution in [1.82, 2.24) is 15.5 Å². The van der Waals surface area contributed by atoms with Gasteiger partial charge in [0.15, 0.2) is 5.82 Å². The third kappa shape index (κ3) is 1.61. The van der Waals surface area contributed by atoms with Crippen molar-refractivity contribution in [2.45, 2.75) is 11.8 Å². The summed E-state index contributed by atoms with van der Waals surface area (Å²) < 4.78 is 4.82. The van der Waals surface area contributed by atoms with Gasteiger partial charge in [0.2, 0.25) is 6.39 Å². The zero-order valence-corrected chi connectivity index (χ0v) is 8.84. The third-order valence-electron chi connectivity index (χ3n) is 3.15. The molecule has 2 heterocycles. The van der Waals surface area contributed by atoms with Crippen LogP contribution in [0.3, 0.4) is 0 Å². The van der Waals surface area contributed by atoms with E-state index in [1.807, 2.05) is 6.07 Å². The fraction of sp³-hybridized carbons (Fsp3) is 0.333. The van der Waals surface area contributed by atoms with E-state index in [4.69, 9.17) is 4.52 Å². The Morgan fingerprint density at radius 1 is 1.12 bits per heavy atom. The second-order valence-electron chi connectivity index (χ2n) is 4.07. The first kappa shape index (κ1) is 9.54. The molecule has 0 amide bonds. The topological polar surface area (TPSA) is 51.0 Å². The minimum absolute atomic E-state index is 0.321. The van der Waals surface area contributed by atoms with Crippen molar-refractivity contribution in [2.75, 3.05) is 13.1 Å². The highest BCUT2D eigenvalue weighted by atomic mass is 16.5. The molecule has 0 spiro atoms. The number of benzene rings is 1. The van der Waals surface area contributed by atoms with Gasteiger partial charge in [0, 0.05) is 24.9 Å². The predicted molar refractivity (Wildman–Crippen MR) is 59.1 cm³/mol.